The van der Waals surface area contributed by atoms with E-state index < -0.39 is 42.1 Å². The number of allylic oxidation sites excluding steroid dienone is 1. The highest BCUT2D eigenvalue weighted by Crippen LogP contribution is 2.22. The normalized spacial score (nSPS) is 13.3. The van der Waals surface area contributed by atoms with E-state index in [9.17, 15) is 22.8 Å². The second-order valence-corrected chi connectivity index (χ2v) is 4.62. The van der Waals surface area contributed by atoms with Crippen molar-refractivity contribution in [1.29, 1.82) is 0 Å². The Bertz CT molecular complexity index is 350. The maximum absolute atomic E-state index is 11.9. The Morgan fingerprint density at radius 2 is 1.72 bits per heavy atom. The van der Waals surface area contributed by atoms with Crippen molar-refractivity contribution >= 4 is 11.9 Å². The van der Waals surface area contributed by atoms with Crippen LogP contribution in [0.25, 0.3) is 0 Å². The van der Waals surface area contributed by atoms with Gasteiger partial charge in [-0.2, -0.15) is 13.2 Å². The molecule has 0 saturated heterocycles. The van der Waals surface area contributed by atoms with Gasteiger partial charge in [0.05, 0.1) is 12.8 Å². The predicted molar refractivity (Wildman–Crippen MR) is 56.9 cm³/mol. The first kappa shape index (κ1) is 16.5. The molecular weight excluding hydrogens is 253 g/mol. The lowest BCUT2D eigenvalue weighted by Crippen LogP contribution is -2.24. The fourth-order valence-electron chi connectivity index (χ4n) is 1.01. The van der Waals surface area contributed by atoms with E-state index in [-0.39, 0.29) is 0 Å². The molecule has 7 heteroatoms. The molecule has 0 fully saturated rings. The Labute approximate surface area is 102 Å². The molecule has 1 N–H and O–H groups in total. The van der Waals surface area contributed by atoms with Crippen molar-refractivity contribution in [3.05, 3.63) is 11.6 Å². The second kappa shape index (κ2) is 5.88. The van der Waals surface area contributed by atoms with Gasteiger partial charge >= 0.3 is 18.1 Å². The molecular formula is C11H15F3O4. The molecule has 0 radical (unpaired) electrons. The summed E-state index contributed by atoms with van der Waals surface area (Å²) in [5, 5.41) is 8.67. The molecule has 104 valence electrons. The van der Waals surface area contributed by atoms with Crippen molar-refractivity contribution in [2.45, 2.75) is 45.4 Å². The molecule has 4 nitrogen and oxygen atoms in total. The third-order valence-electron chi connectivity index (χ3n) is 1.61. The first-order valence-electron chi connectivity index (χ1n) is 5.11. The molecule has 0 aromatic heterocycles. The molecule has 0 aromatic rings. The van der Waals surface area contributed by atoms with Crippen molar-refractivity contribution < 1.29 is 32.6 Å². The Kier molecular flexibility index (Phi) is 5.38. The fourth-order valence-corrected chi connectivity index (χ4v) is 1.01. The van der Waals surface area contributed by atoms with Crippen molar-refractivity contribution in [2.24, 2.45) is 0 Å². The Balaban J connectivity index is 4.65. The van der Waals surface area contributed by atoms with Gasteiger partial charge in [0.2, 0.25) is 0 Å². The van der Waals surface area contributed by atoms with E-state index in [0.29, 0.717) is 6.08 Å². The highest BCUT2D eigenvalue weighted by molar-refractivity contribution is 5.92. The number of carboxylic acid groups (broad SMARTS) is 1. The molecule has 0 bridgehead atoms. The number of halogens is 3. The molecule has 0 atom stereocenters. The van der Waals surface area contributed by atoms with E-state index in [1.807, 2.05) is 0 Å². The highest BCUT2D eigenvalue weighted by Gasteiger charge is 2.27. The monoisotopic (exact) mass is 268 g/mol. The highest BCUT2D eigenvalue weighted by atomic mass is 19.4. The molecule has 0 aliphatic carbocycles. The number of rotatable bonds is 4. The molecule has 0 amide bonds. The van der Waals surface area contributed by atoms with Crippen LogP contribution in [0.15, 0.2) is 11.6 Å². The topological polar surface area (TPSA) is 63.6 Å². The van der Waals surface area contributed by atoms with Crippen LogP contribution in [-0.4, -0.2) is 28.8 Å². The molecule has 0 aromatic carbocycles. The van der Waals surface area contributed by atoms with Crippen LogP contribution in [-0.2, 0) is 14.3 Å². The second-order valence-electron chi connectivity index (χ2n) is 4.62. The molecule has 0 saturated carbocycles. The average Bonchev–Trinajstić information content (AvgIpc) is 2.06. The summed E-state index contributed by atoms with van der Waals surface area (Å²) in [5.74, 6) is -2.44. The number of carboxylic acids is 1. The smallest absolute Gasteiger partial charge is 0.392 e. The minimum atomic E-state index is -4.51. The molecule has 0 aliphatic rings. The molecule has 0 rings (SSSR count). The van der Waals surface area contributed by atoms with Crippen LogP contribution in [0, 0.1) is 0 Å². The quantitative estimate of drug-likeness (QED) is 0.629. The van der Waals surface area contributed by atoms with Crippen molar-refractivity contribution in [1.82, 2.24) is 0 Å². The molecule has 0 aliphatic heterocycles. The van der Waals surface area contributed by atoms with Gasteiger partial charge in [-0.05, 0) is 20.8 Å². The Morgan fingerprint density at radius 1 is 1.22 bits per heavy atom. The van der Waals surface area contributed by atoms with Crippen LogP contribution in [0.2, 0.25) is 0 Å². The summed E-state index contributed by atoms with van der Waals surface area (Å²) in [7, 11) is 0. The Hall–Kier alpha value is -1.53. The summed E-state index contributed by atoms with van der Waals surface area (Å²) >= 11 is 0. The van der Waals surface area contributed by atoms with Crippen molar-refractivity contribution in [2.75, 3.05) is 0 Å². The maximum Gasteiger partial charge on any atom is 0.392 e. The lowest BCUT2D eigenvalue weighted by molar-refractivity contribution is -0.155. The first-order valence-corrected chi connectivity index (χ1v) is 5.11. The fraction of sp³-hybridized carbons (Fsp3) is 0.636. The molecule has 0 spiro atoms. The maximum atomic E-state index is 11.9. The van der Waals surface area contributed by atoms with Crippen molar-refractivity contribution in [3.63, 3.8) is 0 Å². The summed E-state index contributed by atoms with van der Waals surface area (Å²) in [6, 6.07) is 0. The van der Waals surface area contributed by atoms with Gasteiger partial charge in [-0.15, -0.1) is 0 Å². The number of esters is 1. The van der Waals surface area contributed by atoms with E-state index in [1.54, 1.807) is 20.8 Å². The van der Waals surface area contributed by atoms with Crippen LogP contribution in [0.5, 0.6) is 0 Å². The number of ether oxygens (including phenoxy) is 1. The van der Waals surface area contributed by atoms with E-state index in [0.717, 1.165) is 0 Å². The van der Waals surface area contributed by atoms with Gasteiger partial charge in [0.25, 0.3) is 0 Å². The van der Waals surface area contributed by atoms with Gasteiger partial charge in [-0.1, -0.05) is 6.08 Å². The molecule has 0 unspecified atom stereocenters. The van der Waals surface area contributed by atoms with Crippen LogP contribution in [0.3, 0.4) is 0 Å². The van der Waals surface area contributed by atoms with Gasteiger partial charge in [0.15, 0.2) is 0 Å². The van der Waals surface area contributed by atoms with Gasteiger partial charge in [-0.25, -0.2) is 4.79 Å². The van der Waals surface area contributed by atoms with Crippen LogP contribution in [0.1, 0.15) is 33.6 Å². The summed E-state index contributed by atoms with van der Waals surface area (Å²) < 4.78 is 40.6. The van der Waals surface area contributed by atoms with Gasteiger partial charge in [0, 0.05) is 5.57 Å². The molecule has 18 heavy (non-hydrogen) atoms. The molecule has 0 heterocycles. The minimum Gasteiger partial charge on any atom is -0.478 e. The standard InChI is InChI=1S/C11H15F3O4/c1-10(2,3)18-8(15)6-7(9(16)17)4-5-11(12,13)14/h4H,5-6H2,1-3H3,(H,16,17)/b7-4-. The van der Waals surface area contributed by atoms with E-state index in [1.165, 1.54) is 0 Å². The largest absolute Gasteiger partial charge is 0.478 e. The van der Waals surface area contributed by atoms with Crippen molar-refractivity contribution in [3.8, 4) is 0 Å². The number of hydrogen-bond donors (Lipinski definition) is 1. The summed E-state index contributed by atoms with van der Waals surface area (Å²) in [4.78, 5) is 22.0. The SMILES string of the molecule is CC(C)(C)OC(=O)C/C(=C/CC(F)(F)F)C(=O)O. The Morgan fingerprint density at radius 3 is 2.06 bits per heavy atom. The lowest BCUT2D eigenvalue weighted by atomic mass is 10.1. The number of hydrogen-bond acceptors (Lipinski definition) is 3. The van der Waals surface area contributed by atoms with Crippen LogP contribution >= 0.6 is 0 Å². The summed E-state index contributed by atoms with van der Waals surface area (Å²) in [5.41, 5.74) is -1.44. The summed E-state index contributed by atoms with van der Waals surface area (Å²) in [6.45, 7) is 4.72. The minimum absolute atomic E-state index is 0.478. The van der Waals surface area contributed by atoms with Gasteiger partial charge < -0.3 is 9.84 Å². The number of carbonyl (C=O) groups excluding carboxylic acids is 1. The van der Waals surface area contributed by atoms with E-state index in [4.69, 9.17) is 9.84 Å². The third kappa shape index (κ3) is 8.60. The van der Waals surface area contributed by atoms with Crippen LogP contribution < -0.4 is 0 Å². The predicted octanol–water partition coefficient (Wildman–Crippen LogP) is 2.68. The van der Waals surface area contributed by atoms with Gasteiger partial charge in [0.1, 0.15) is 5.60 Å². The van der Waals surface area contributed by atoms with Gasteiger partial charge in [-0.3, -0.25) is 4.79 Å². The lowest BCUT2D eigenvalue weighted by Gasteiger charge is -2.19. The zero-order valence-corrected chi connectivity index (χ0v) is 10.3. The number of alkyl halides is 3. The first-order chi connectivity index (χ1) is 7.91. The third-order valence-corrected chi connectivity index (χ3v) is 1.61. The number of carbonyl (C=O) groups is 2. The zero-order chi connectivity index (χ0) is 14.6. The number of aliphatic carboxylic acids is 1. The summed E-state index contributed by atoms with van der Waals surface area (Å²) in [6.07, 6.45) is -6.11. The van der Waals surface area contributed by atoms with E-state index >= 15 is 0 Å². The van der Waals surface area contributed by atoms with E-state index in [2.05, 4.69) is 0 Å². The zero-order valence-electron chi connectivity index (χ0n) is 10.3. The van der Waals surface area contributed by atoms with Crippen LogP contribution in [0.4, 0.5) is 13.2 Å². The average molecular weight is 268 g/mol.